The van der Waals surface area contributed by atoms with E-state index in [4.69, 9.17) is 4.74 Å². The minimum Gasteiger partial charge on any atom is -0.497 e. The van der Waals surface area contributed by atoms with Gasteiger partial charge in [-0.05, 0) is 29.2 Å². The number of carboxylic acid groups (broad SMARTS) is 2. The maximum atomic E-state index is 11.3. The van der Waals surface area contributed by atoms with Crippen LogP contribution in [0.25, 0.3) is 0 Å². The molecule has 0 unspecified atom stereocenters. The van der Waals surface area contributed by atoms with Crippen molar-refractivity contribution in [2.45, 2.75) is 18.8 Å². The van der Waals surface area contributed by atoms with Crippen LogP contribution in [-0.2, 0) is 9.59 Å². The topological polar surface area (TPSA) is 83.8 Å². The number of methoxy groups -OCH3 is 1. The summed E-state index contributed by atoms with van der Waals surface area (Å²) < 4.78 is 5.25. The van der Waals surface area contributed by atoms with Crippen LogP contribution < -0.4 is 4.74 Å². The van der Waals surface area contributed by atoms with Gasteiger partial charge in [0.05, 0.1) is 7.11 Å². The summed E-state index contributed by atoms with van der Waals surface area (Å²) in [6.07, 6.45) is -0.438. The van der Waals surface area contributed by atoms with Crippen LogP contribution in [0.5, 0.6) is 5.75 Å². The first-order chi connectivity index (χ1) is 11.5. The molecule has 2 N–H and O–H groups in total. The molecule has 2 aromatic rings. The highest BCUT2D eigenvalue weighted by Gasteiger charge is 2.29. The molecule has 5 heteroatoms. The van der Waals surface area contributed by atoms with Gasteiger partial charge >= 0.3 is 11.9 Å². The minimum absolute atomic E-state index is 0.219. The van der Waals surface area contributed by atoms with E-state index in [1.165, 1.54) is 0 Å². The lowest BCUT2D eigenvalue weighted by molar-refractivity contribution is -0.140. The van der Waals surface area contributed by atoms with E-state index in [1.54, 1.807) is 13.2 Å². The van der Waals surface area contributed by atoms with E-state index in [0.29, 0.717) is 5.75 Å². The lowest BCUT2D eigenvalue weighted by atomic mass is 9.77. The second-order valence-electron chi connectivity index (χ2n) is 5.62. The Morgan fingerprint density at radius 1 is 0.917 bits per heavy atom. The van der Waals surface area contributed by atoms with Crippen molar-refractivity contribution in [2.75, 3.05) is 7.11 Å². The van der Waals surface area contributed by atoms with Crippen molar-refractivity contribution in [3.05, 3.63) is 65.7 Å². The Morgan fingerprint density at radius 3 is 2.04 bits per heavy atom. The van der Waals surface area contributed by atoms with E-state index in [-0.39, 0.29) is 18.8 Å². The summed E-state index contributed by atoms with van der Waals surface area (Å²) in [6.45, 7) is 0. The summed E-state index contributed by atoms with van der Waals surface area (Å²) in [5, 5.41) is 18.4. The van der Waals surface area contributed by atoms with Crippen molar-refractivity contribution >= 4 is 11.9 Å². The van der Waals surface area contributed by atoms with Crippen molar-refractivity contribution in [3.63, 3.8) is 0 Å². The van der Waals surface area contributed by atoms with E-state index in [2.05, 4.69) is 0 Å². The highest BCUT2D eigenvalue weighted by atomic mass is 16.5. The zero-order chi connectivity index (χ0) is 17.5. The molecule has 0 heterocycles. The highest BCUT2D eigenvalue weighted by molar-refractivity contribution is 5.71. The quantitative estimate of drug-likeness (QED) is 0.776. The maximum absolute atomic E-state index is 11.3. The third-order valence-electron chi connectivity index (χ3n) is 3.96. The number of hydrogen-bond donors (Lipinski definition) is 2. The fraction of sp³-hybridized carbons (Fsp3) is 0.263. The molecule has 0 spiro atoms. The van der Waals surface area contributed by atoms with Gasteiger partial charge in [0.25, 0.3) is 0 Å². The summed E-state index contributed by atoms with van der Waals surface area (Å²) in [6, 6.07) is 16.7. The zero-order valence-corrected chi connectivity index (χ0v) is 13.4. The van der Waals surface area contributed by atoms with Gasteiger partial charge in [-0.1, -0.05) is 42.5 Å². The van der Waals surface area contributed by atoms with Crippen molar-refractivity contribution < 1.29 is 24.5 Å². The van der Waals surface area contributed by atoms with E-state index in [0.717, 1.165) is 11.1 Å². The standard InChI is InChI=1S/C19H20O5/c1-24-16-9-5-8-14(10-16)19(13-6-3-2-4-7-13)15(11-17(20)21)12-18(22)23/h2-10,15,19H,11-12H2,1H3,(H,20,21)(H,22,23)/t19-/m1/s1. The SMILES string of the molecule is COc1cccc([C@@H](c2ccccc2)C(CC(=O)O)CC(=O)O)c1. The van der Waals surface area contributed by atoms with E-state index >= 15 is 0 Å². The summed E-state index contributed by atoms with van der Waals surface area (Å²) in [4.78, 5) is 22.5. The van der Waals surface area contributed by atoms with Crippen LogP contribution in [-0.4, -0.2) is 29.3 Å². The highest BCUT2D eigenvalue weighted by Crippen LogP contribution is 2.37. The Morgan fingerprint density at radius 2 is 1.50 bits per heavy atom. The van der Waals surface area contributed by atoms with Crippen LogP contribution in [0.1, 0.15) is 29.9 Å². The number of benzene rings is 2. The summed E-state index contributed by atoms with van der Waals surface area (Å²) in [5.74, 6) is -2.27. The maximum Gasteiger partial charge on any atom is 0.303 e. The molecule has 5 nitrogen and oxygen atoms in total. The predicted molar refractivity (Wildman–Crippen MR) is 89.3 cm³/mol. The number of rotatable bonds is 8. The molecular formula is C19H20O5. The second kappa shape index (κ2) is 8.15. The molecule has 2 aromatic carbocycles. The molecule has 0 saturated carbocycles. The van der Waals surface area contributed by atoms with Gasteiger partial charge in [-0.25, -0.2) is 0 Å². The fourth-order valence-electron chi connectivity index (χ4n) is 2.99. The van der Waals surface area contributed by atoms with Gasteiger partial charge in [-0.2, -0.15) is 0 Å². The third-order valence-corrected chi connectivity index (χ3v) is 3.96. The lowest BCUT2D eigenvalue weighted by Gasteiger charge is -2.26. The largest absolute Gasteiger partial charge is 0.497 e. The van der Waals surface area contributed by atoms with Crippen molar-refractivity contribution in [3.8, 4) is 5.75 Å². The zero-order valence-electron chi connectivity index (χ0n) is 13.4. The first kappa shape index (κ1) is 17.5. The normalized spacial score (nSPS) is 11.9. The van der Waals surface area contributed by atoms with Gasteiger partial charge in [-0.15, -0.1) is 0 Å². The van der Waals surface area contributed by atoms with Gasteiger partial charge in [0.2, 0.25) is 0 Å². The summed E-state index contributed by atoms with van der Waals surface area (Å²) >= 11 is 0. The monoisotopic (exact) mass is 328 g/mol. The molecule has 0 aliphatic carbocycles. The smallest absolute Gasteiger partial charge is 0.303 e. The van der Waals surface area contributed by atoms with Gasteiger partial charge < -0.3 is 14.9 Å². The first-order valence-corrected chi connectivity index (χ1v) is 7.63. The molecule has 0 fully saturated rings. The molecule has 126 valence electrons. The average Bonchev–Trinajstić information content (AvgIpc) is 2.55. The molecule has 0 aliphatic rings. The average molecular weight is 328 g/mol. The third kappa shape index (κ3) is 4.59. The van der Waals surface area contributed by atoms with Gasteiger partial charge in [0, 0.05) is 18.8 Å². The van der Waals surface area contributed by atoms with Gasteiger partial charge in [0.1, 0.15) is 5.75 Å². The van der Waals surface area contributed by atoms with Crippen molar-refractivity contribution in [2.24, 2.45) is 5.92 Å². The number of aliphatic carboxylic acids is 2. The van der Waals surface area contributed by atoms with Crippen LogP contribution in [0.2, 0.25) is 0 Å². The minimum atomic E-state index is -1.01. The molecule has 0 aromatic heterocycles. The molecule has 0 bridgehead atoms. The van der Waals surface area contributed by atoms with Gasteiger partial charge in [-0.3, -0.25) is 9.59 Å². The fourth-order valence-corrected chi connectivity index (χ4v) is 2.99. The summed E-state index contributed by atoms with van der Waals surface area (Å²) in [5.41, 5.74) is 1.73. The molecule has 0 aliphatic heterocycles. The summed E-state index contributed by atoms with van der Waals surface area (Å²) in [7, 11) is 1.56. The van der Waals surface area contributed by atoms with Crippen LogP contribution in [0.15, 0.2) is 54.6 Å². The van der Waals surface area contributed by atoms with Crippen molar-refractivity contribution in [1.29, 1.82) is 0 Å². The number of carboxylic acids is 2. The van der Waals surface area contributed by atoms with E-state index in [9.17, 15) is 19.8 Å². The Labute approximate surface area is 140 Å². The van der Waals surface area contributed by atoms with Gasteiger partial charge in [0.15, 0.2) is 0 Å². The molecule has 1 atom stereocenters. The Kier molecular flexibility index (Phi) is 5.95. The van der Waals surface area contributed by atoms with E-state index < -0.39 is 17.9 Å². The first-order valence-electron chi connectivity index (χ1n) is 7.63. The molecule has 0 saturated heterocycles. The molecule has 0 amide bonds. The Balaban J connectivity index is 2.51. The predicted octanol–water partition coefficient (Wildman–Crippen LogP) is 3.39. The lowest BCUT2D eigenvalue weighted by Crippen LogP contribution is -2.21. The molecular weight excluding hydrogens is 308 g/mol. The Bertz CT molecular complexity index is 680. The number of ether oxygens (including phenoxy) is 1. The Hall–Kier alpha value is -2.82. The molecule has 0 radical (unpaired) electrons. The van der Waals surface area contributed by atoms with E-state index in [1.807, 2.05) is 48.5 Å². The molecule has 24 heavy (non-hydrogen) atoms. The van der Waals surface area contributed by atoms with Crippen molar-refractivity contribution in [1.82, 2.24) is 0 Å². The number of hydrogen-bond acceptors (Lipinski definition) is 3. The second-order valence-corrected chi connectivity index (χ2v) is 5.62. The van der Waals surface area contributed by atoms with Crippen LogP contribution in [0.3, 0.4) is 0 Å². The molecule has 2 rings (SSSR count). The van der Waals surface area contributed by atoms with Crippen LogP contribution >= 0.6 is 0 Å². The van der Waals surface area contributed by atoms with Crippen LogP contribution in [0, 0.1) is 5.92 Å². The number of carbonyl (C=O) groups is 2. The van der Waals surface area contributed by atoms with Crippen LogP contribution in [0.4, 0.5) is 0 Å².